The van der Waals surface area contributed by atoms with Crippen LogP contribution in [-0.4, -0.2) is 41.8 Å². The average molecular weight is 276 g/mol. The Bertz CT molecular complexity index is 515. The minimum absolute atomic E-state index is 0.0176. The molecule has 0 radical (unpaired) electrons. The van der Waals surface area contributed by atoms with Crippen molar-refractivity contribution in [3.8, 4) is 5.75 Å². The topological polar surface area (TPSA) is 75.7 Å². The Hall–Kier alpha value is -2.37. The molecule has 1 fully saturated rings. The monoisotopic (exact) mass is 276 g/mol. The van der Waals surface area contributed by atoms with Crippen LogP contribution in [0.25, 0.3) is 0 Å². The maximum Gasteiger partial charge on any atom is 0.261 e. The van der Waals surface area contributed by atoms with Gasteiger partial charge in [-0.1, -0.05) is 18.2 Å². The molecule has 106 valence electrons. The first kappa shape index (κ1) is 14.0. The summed E-state index contributed by atoms with van der Waals surface area (Å²) >= 11 is 0. The van der Waals surface area contributed by atoms with Crippen LogP contribution in [-0.2, 0) is 14.4 Å². The molecule has 1 heterocycles. The van der Waals surface area contributed by atoms with Gasteiger partial charge in [0.25, 0.3) is 5.91 Å². The Balaban J connectivity index is 1.96. The molecule has 1 atom stereocenters. The van der Waals surface area contributed by atoms with Gasteiger partial charge in [-0.3, -0.25) is 19.7 Å². The van der Waals surface area contributed by atoms with Gasteiger partial charge >= 0.3 is 0 Å². The summed E-state index contributed by atoms with van der Waals surface area (Å²) in [5.74, 6) is -0.504. The zero-order chi connectivity index (χ0) is 14.5. The largest absolute Gasteiger partial charge is 0.484 e. The van der Waals surface area contributed by atoms with E-state index < -0.39 is 11.9 Å². The van der Waals surface area contributed by atoms with E-state index in [9.17, 15) is 14.4 Å². The predicted octanol–water partition coefficient (Wildman–Crippen LogP) is 0.329. The Labute approximate surface area is 116 Å². The van der Waals surface area contributed by atoms with Crippen LogP contribution in [0.4, 0.5) is 0 Å². The van der Waals surface area contributed by atoms with Gasteiger partial charge in [0.1, 0.15) is 11.8 Å². The molecule has 0 aromatic heterocycles. The highest BCUT2D eigenvalue weighted by molar-refractivity contribution is 6.06. The number of carbonyl (C=O) groups is 3. The second-order valence-electron chi connectivity index (χ2n) is 4.41. The van der Waals surface area contributed by atoms with Crippen molar-refractivity contribution in [3.05, 3.63) is 30.3 Å². The molecule has 6 heteroatoms. The third-order valence-electron chi connectivity index (χ3n) is 3.09. The van der Waals surface area contributed by atoms with Crippen LogP contribution in [0.2, 0.25) is 0 Å². The molecule has 0 spiro atoms. The van der Waals surface area contributed by atoms with Crippen LogP contribution in [0.15, 0.2) is 30.3 Å². The van der Waals surface area contributed by atoms with Gasteiger partial charge in [0.15, 0.2) is 6.61 Å². The maximum absolute atomic E-state index is 12.1. The number of benzene rings is 1. The van der Waals surface area contributed by atoms with Crippen LogP contribution >= 0.6 is 0 Å². The second-order valence-corrected chi connectivity index (χ2v) is 4.41. The van der Waals surface area contributed by atoms with Gasteiger partial charge in [-0.15, -0.1) is 0 Å². The van der Waals surface area contributed by atoms with Crippen molar-refractivity contribution >= 4 is 17.7 Å². The lowest BCUT2D eigenvalue weighted by molar-refractivity contribution is -0.140. The minimum Gasteiger partial charge on any atom is -0.484 e. The van der Waals surface area contributed by atoms with Crippen molar-refractivity contribution in [3.63, 3.8) is 0 Å². The summed E-state index contributed by atoms with van der Waals surface area (Å²) in [5.41, 5.74) is 0. The zero-order valence-corrected chi connectivity index (χ0v) is 11.2. The van der Waals surface area contributed by atoms with Crippen LogP contribution < -0.4 is 10.1 Å². The molecular formula is C14H16N2O4. The number of hydrogen-bond acceptors (Lipinski definition) is 4. The Morgan fingerprint density at radius 2 is 2.05 bits per heavy atom. The molecule has 1 aromatic rings. The minimum atomic E-state index is -0.723. The highest BCUT2D eigenvalue weighted by Gasteiger charge is 2.37. The third kappa shape index (κ3) is 3.14. The standard InChI is InChI=1S/C14H16N2O4/c1-2-16(11-8-12(17)15-14(11)19)13(18)9-20-10-6-4-3-5-7-10/h3-7,11H,2,8-9H2,1H3,(H,15,17,19)/t11-/m1/s1. The molecule has 0 unspecified atom stereocenters. The predicted molar refractivity (Wildman–Crippen MR) is 70.9 cm³/mol. The Morgan fingerprint density at radius 3 is 2.60 bits per heavy atom. The summed E-state index contributed by atoms with van der Waals surface area (Å²) in [6.45, 7) is 1.95. The van der Waals surface area contributed by atoms with E-state index in [-0.39, 0.29) is 24.8 Å². The summed E-state index contributed by atoms with van der Waals surface area (Å²) in [7, 11) is 0. The number of amides is 3. The molecule has 1 N–H and O–H groups in total. The van der Waals surface area contributed by atoms with Crippen molar-refractivity contribution in [2.75, 3.05) is 13.2 Å². The maximum atomic E-state index is 12.1. The molecule has 6 nitrogen and oxygen atoms in total. The van der Waals surface area contributed by atoms with Crippen molar-refractivity contribution in [2.45, 2.75) is 19.4 Å². The Morgan fingerprint density at radius 1 is 1.35 bits per heavy atom. The average Bonchev–Trinajstić information content (AvgIpc) is 2.77. The van der Waals surface area contributed by atoms with Gasteiger partial charge in [0.05, 0.1) is 6.42 Å². The fourth-order valence-corrected chi connectivity index (χ4v) is 2.11. The first-order valence-corrected chi connectivity index (χ1v) is 6.43. The first-order valence-electron chi connectivity index (χ1n) is 6.43. The number of nitrogens with one attached hydrogen (secondary N) is 1. The zero-order valence-electron chi connectivity index (χ0n) is 11.2. The summed E-state index contributed by atoms with van der Waals surface area (Å²) in [4.78, 5) is 36.2. The number of ether oxygens (including phenoxy) is 1. The summed E-state index contributed by atoms with van der Waals surface area (Å²) < 4.78 is 5.36. The molecule has 0 saturated carbocycles. The lowest BCUT2D eigenvalue weighted by Crippen LogP contribution is -2.46. The van der Waals surface area contributed by atoms with E-state index in [4.69, 9.17) is 4.74 Å². The molecule has 1 saturated heterocycles. The molecule has 3 amide bonds. The first-order chi connectivity index (χ1) is 9.61. The normalized spacial score (nSPS) is 17.8. The van der Waals surface area contributed by atoms with Crippen LogP contribution in [0.1, 0.15) is 13.3 Å². The van der Waals surface area contributed by atoms with E-state index in [1.807, 2.05) is 6.07 Å². The van der Waals surface area contributed by atoms with Gasteiger partial charge in [-0.05, 0) is 19.1 Å². The van der Waals surface area contributed by atoms with E-state index >= 15 is 0 Å². The van der Waals surface area contributed by atoms with Gasteiger partial charge in [-0.2, -0.15) is 0 Å². The highest BCUT2D eigenvalue weighted by Crippen LogP contribution is 2.13. The molecule has 0 bridgehead atoms. The van der Waals surface area contributed by atoms with Crippen molar-refractivity contribution in [1.29, 1.82) is 0 Å². The smallest absolute Gasteiger partial charge is 0.261 e. The lowest BCUT2D eigenvalue weighted by Gasteiger charge is -2.25. The number of imide groups is 1. The number of carbonyl (C=O) groups excluding carboxylic acids is 3. The van der Waals surface area contributed by atoms with E-state index in [0.29, 0.717) is 12.3 Å². The molecule has 0 aliphatic carbocycles. The third-order valence-corrected chi connectivity index (χ3v) is 3.09. The number of nitrogens with zero attached hydrogens (tertiary/aromatic N) is 1. The molecule has 1 aliphatic rings. The van der Waals surface area contributed by atoms with Crippen molar-refractivity contribution in [1.82, 2.24) is 10.2 Å². The number of hydrogen-bond donors (Lipinski definition) is 1. The van der Waals surface area contributed by atoms with Crippen LogP contribution in [0.3, 0.4) is 0 Å². The van der Waals surface area contributed by atoms with E-state index in [2.05, 4.69) is 5.32 Å². The number of para-hydroxylation sites is 1. The molecular weight excluding hydrogens is 260 g/mol. The van der Waals surface area contributed by atoms with E-state index in [0.717, 1.165) is 0 Å². The molecule has 2 rings (SSSR count). The van der Waals surface area contributed by atoms with Gasteiger partial charge in [0.2, 0.25) is 11.8 Å². The fourth-order valence-electron chi connectivity index (χ4n) is 2.11. The number of rotatable bonds is 5. The fraction of sp³-hybridized carbons (Fsp3) is 0.357. The SMILES string of the molecule is CCN(C(=O)COc1ccccc1)[C@@H]1CC(=O)NC1=O. The lowest BCUT2D eigenvalue weighted by atomic mass is 10.2. The van der Waals surface area contributed by atoms with Crippen LogP contribution in [0, 0.1) is 0 Å². The molecule has 1 aliphatic heterocycles. The van der Waals surface area contributed by atoms with E-state index in [1.165, 1.54) is 4.90 Å². The van der Waals surface area contributed by atoms with Crippen molar-refractivity contribution < 1.29 is 19.1 Å². The highest BCUT2D eigenvalue weighted by atomic mass is 16.5. The summed E-state index contributed by atoms with van der Waals surface area (Å²) in [6.07, 6.45) is 0.0176. The second kappa shape index (κ2) is 6.18. The van der Waals surface area contributed by atoms with Gasteiger partial charge in [0, 0.05) is 6.54 Å². The number of likely N-dealkylation sites (N-methyl/N-ethyl adjacent to an activating group) is 1. The summed E-state index contributed by atoms with van der Waals surface area (Å²) in [6, 6.07) is 8.23. The van der Waals surface area contributed by atoms with E-state index in [1.54, 1.807) is 31.2 Å². The Kier molecular flexibility index (Phi) is 4.34. The van der Waals surface area contributed by atoms with Gasteiger partial charge < -0.3 is 9.64 Å². The molecule has 1 aromatic carbocycles. The van der Waals surface area contributed by atoms with Gasteiger partial charge in [-0.25, -0.2) is 0 Å². The van der Waals surface area contributed by atoms with Crippen LogP contribution in [0.5, 0.6) is 5.75 Å². The molecule has 20 heavy (non-hydrogen) atoms. The van der Waals surface area contributed by atoms with Crippen molar-refractivity contribution in [2.24, 2.45) is 0 Å². The quantitative estimate of drug-likeness (QED) is 0.786. The summed E-state index contributed by atoms with van der Waals surface area (Å²) in [5, 5.41) is 2.20.